The van der Waals surface area contributed by atoms with Gasteiger partial charge in [-0.3, -0.25) is 14.4 Å². The van der Waals surface area contributed by atoms with E-state index >= 15 is 0 Å². The number of amides is 3. The summed E-state index contributed by atoms with van der Waals surface area (Å²) < 4.78 is 0. The summed E-state index contributed by atoms with van der Waals surface area (Å²) in [6.45, 7) is 0.865. The van der Waals surface area contributed by atoms with Crippen LogP contribution < -0.4 is 10.6 Å². The monoisotopic (exact) mass is 593 g/mol. The van der Waals surface area contributed by atoms with Gasteiger partial charge >= 0.3 is 12.0 Å². The van der Waals surface area contributed by atoms with Crippen LogP contribution in [-0.2, 0) is 11.2 Å². The smallest absolute Gasteiger partial charge is 0.315 e. The fourth-order valence-electron chi connectivity index (χ4n) is 5.43. The Morgan fingerprint density at radius 2 is 1.61 bits per heavy atom. The van der Waals surface area contributed by atoms with Crippen LogP contribution in [0.2, 0.25) is 10.0 Å². The van der Waals surface area contributed by atoms with Crippen molar-refractivity contribution in [3.63, 3.8) is 0 Å². The molecule has 0 bridgehead atoms. The van der Waals surface area contributed by atoms with E-state index in [1.165, 1.54) is 17.7 Å². The van der Waals surface area contributed by atoms with Crippen molar-refractivity contribution < 1.29 is 24.3 Å². The molecule has 0 spiro atoms. The van der Waals surface area contributed by atoms with Crippen molar-refractivity contribution in [3.05, 3.63) is 105 Å². The van der Waals surface area contributed by atoms with Crippen molar-refractivity contribution in [2.24, 2.45) is 5.92 Å². The number of likely N-dealkylation sites (tertiary alicyclic amines) is 1. The van der Waals surface area contributed by atoms with E-state index in [0.29, 0.717) is 13.1 Å². The van der Waals surface area contributed by atoms with Crippen LogP contribution in [0.1, 0.15) is 62.2 Å². The van der Waals surface area contributed by atoms with Gasteiger partial charge in [0.15, 0.2) is 5.78 Å². The predicted octanol–water partition coefficient (Wildman–Crippen LogP) is 5.49. The number of halogens is 2. The number of ketones is 1. The first-order chi connectivity index (χ1) is 19.7. The molecule has 2 atom stereocenters. The number of aliphatic carboxylic acids is 1. The van der Waals surface area contributed by atoms with Crippen molar-refractivity contribution in [3.8, 4) is 0 Å². The molecule has 3 aromatic carbocycles. The number of hydrogen-bond donors (Lipinski definition) is 3. The topological polar surface area (TPSA) is 116 Å². The van der Waals surface area contributed by atoms with E-state index in [1.807, 2.05) is 54.6 Å². The van der Waals surface area contributed by atoms with Gasteiger partial charge in [-0.1, -0.05) is 77.8 Å². The number of carboxylic acid groups (broad SMARTS) is 1. The summed E-state index contributed by atoms with van der Waals surface area (Å²) >= 11 is 12.8. The van der Waals surface area contributed by atoms with Crippen LogP contribution in [0, 0.1) is 5.92 Å². The average molecular weight is 594 g/mol. The number of rotatable bonds is 9. The number of carbonyl (C=O) groups is 4. The average Bonchev–Trinajstić information content (AvgIpc) is 3.32. The Hall–Kier alpha value is -3.88. The summed E-state index contributed by atoms with van der Waals surface area (Å²) in [4.78, 5) is 52.2. The highest BCUT2D eigenvalue weighted by atomic mass is 35.5. The minimum atomic E-state index is -1.24. The lowest BCUT2D eigenvalue weighted by Crippen LogP contribution is -2.48. The zero-order valence-electron chi connectivity index (χ0n) is 22.1. The lowest BCUT2D eigenvalue weighted by atomic mass is 9.90. The largest absolute Gasteiger partial charge is 0.481 e. The fraction of sp³-hybridized carbons (Fsp3) is 0.290. The molecule has 0 radical (unpaired) electrons. The third-order valence-electron chi connectivity index (χ3n) is 7.74. The molecule has 1 fully saturated rings. The van der Waals surface area contributed by atoms with Gasteiger partial charge < -0.3 is 20.6 Å². The molecule has 212 valence electrons. The number of urea groups is 1. The van der Waals surface area contributed by atoms with E-state index in [4.69, 9.17) is 23.2 Å². The van der Waals surface area contributed by atoms with Gasteiger partial charge in [-0.05, 0) is 41.7 Å². The summed E-state index contributed by atoms with van der Waals surface area (Å²) in [6, 6.07) is 19.9. The van der Waals surface area contributed by atoms with Crippen LogP contribution in [0.15, 0.2) is 66.7 Å². The number of nitrogens with one attached hydrogen (secondary N) is 2. The van der Waals surface area contributed by atoms with Crippen LogP contribution in [-0.4, -0.2) is 53.3 Å². The second-order valence-corrected chi connectivity index (χ2v) is 11.3. The molecule has 0 aromatic heterocycles. The maximum absolute atomic E-state index is 13.1. The zero-order chi connectivity index (χ0) is 29.1. The first kappa shape index (κ1) is 28.6. The summed E-state index contributed by atoms with van der Waals surface area (Å²) in [5.74, 6) is -3.03. The molecule has 1 heterocycles. The molecule has 2 unspecified atom stereocenters. The van der Waals surface area contributed by atoms with Gasteiger partial charge in [0.1, 0.15) is 0 Å². The lowest BCUT2D eigenvalue weighted by Gasteiger charge is -2.39. The standard InChI is InChI=1S/C31H29Cl2N3O5/c32-24-12-20(29(38)36-16-22(17-36)18-6-2-1-3-7-18)13-25(33)28(24)27(37)14-21(30(39)40)15-34-31(41)35-26-11-10-19-8-4-5-9-23(19)26/h1-9,12-13,21-22,26H,10-11,14-17H2,(H,39,40)(H2,34,35,41). The SMILES string of the molecule is O=C(NCC(CC(=O)c1c(Cl)cc(C(=O)N2CC(c3ccccc3)C2)cc1Cl)C(=O)O)NC1CCc2ccccc21. The number of nitrogens with zero attached hydrogens (tertiary/aromatic N) is 1. The summed E-state index contributed by atoms with van der Waals surface area (Å²) in [5, 5.41) is 15.1. The van der Waals surface area contributed by atoms with E-state index in [2.05, 4.69) is 10.6 Å². The van der Waals surface area contributed by atoms with Gasteiger partial charge in [0.2, 0.25) is 0 Å². The quantitative estimate of drug-likeness (QED) is 0.284. The molecule has 0 saturated carbocycles. The molecule has 3 aromatic rings. The van der Waals surface area contributed by atoms with Crippen LogP contribution >= 0.6 is 23.2 Å². The van der Waals surface area contributed by atoms with Crippen molar-refractivity contribution in [1.82, 2.24) is 15.5 Å². The normalized spacial score (nSPS) is 16.8. The van der Waals surface area contributed by atoms with E-state index in [0.717, 1.165) is 24.0 Å². The molecule has 1 saturated heterocycles. The van der Waals surface area contributed by atoms with Gasteiger partial charge in [-0.25, -0.2) is 4.79 Å². The zero-order valence-corrected chi connectivity index (χ0v) is 23.6. The molecular weight excluding hydrogens is 565 g/mol. The number of carboxylic acids is 1. The Labute approximate surface area is 247 Å². The highest BCUT2D eigenvalue weighted by Gasteiger charge is 2.33. The highest BCUT2D eigenvalue weighted by Crippen LogP contribution is 2.33. The Kier molecular flexibility index (Phi) is 8.61. The van der Waals surface area contributed by atoms with Crippen molar-refractivity contribution in [1.29, 1.82) is 0 Å². The Bertz CT molecular complexity index is 1470. The van der Waals surface area contributed by atoms with Crippen LogP contribution in [0.5, 0.6) is 0 Å². The van der Waals surface area contributed by atoms with Crippen molar-refractivity contribution in [2.75, 3.05) is 19.6 Å². The van der Waals surface area contributed by atoms with Gasteiger partial charge in [-0.2, -0.15) is 0 Å². The van der Waals surface area contributed by atoms with Crippen LogP contribution in [0.25, 0.3) is 0 Å². The third-order valence-corrected chi connectivity index (χ3v) is 8.33. The number of hydrogen-bond acceptors (Lipinski definition) is 4. The number of benzene rings is 3. The highest BCUT2D eigenvalue weighted by molar-refractivity contribution is 6.40. The van der Waals surface area contributed by atoms with E-state index in [9.17, 15) is 24.3 Å². The number of carbonyl (C=O) groups excluding carboxylic acids is 3. The molecule has 3 amide bonds. The number of aryl methyl sites for hydroxylation is 1. The van der Waals surface area contributed by atoms with Crippen LogP contribution in [0.4, 0.5) is 4.79 Å². The molecule has 5 rings (SSSR count). The number of Topliss-reactive ketones (excluding diaryl/α,β-unsaturated/α-hetero) is 1. The molecule has 2 aliphatic rings. The second-order valence-electron chi connectivity index (χ2n) is 10.4. The Balaban J connectivity index is 1.17. The maximum Gasteiger partial charge on any atom is 0.315 e. The van der Waals surface area contributed by atoms with Gasteiger partial charge in [0, 0.05) is 37.5 Å². The first-order valence-corrected chi connectivity index (χ1v) is 14.2. The minimum absolute atomic E-state index is 0.0271. The minimum Gasteiger partial charge on any atom is -0.481 e. The van der Waals surface area contributed by atoms with E-state index < -0.39 is 30.1 Å². The summed E-state index contributed by atoms with van der Waals surface area (Å²) in [7, 11) is 0. The Morgan fingerprint density at radius 3 is 2.29 bits per heavy atom. The summed E-state index contributed by atoms with van der Waals surface area (Å²) in [5.41, 5.74) is 3.59. The Morgan fingerprint density at radius 1 is 0.951 bits per heavy atom. The van der Waals surface area contributed by atoms with Gasteiger partial charge in [0.05, 0.1) is 27.6 Å². The van der Waals surface area contributed by atoms with Crippen molar-refractivity contribution >= 4 is 46.9 Å². The van der Waals surface area contributed by atoms with E-state index in [-0.39, 0.29) is 45.6 Å². The molecule has 10 heteroatoms. The first-order valence-electron chi connectivity index (χ1n) is 13.4. The molecular formula is C31H29Cl2N3O5. The third kappa shape index (κ3) is 6.39. The maximum atomic E-state index is 13.1. The molecule has 1 aliphatic heterocycles. The molecule has 8 nitrogen and oxygen atoms in total. The second kappa shape index (κ2) is 12.3. The molecule has 3 N–H and O–H groups in total. The summed E-state index contributed by atoms with van der Waals surface area (Å²) in [6.07, 6.45) is 1.18. The van der Waals surface area contributed by atoms with Crippen molar-refractivity contribution in [2.45, 2.75) is 31.2 Å². The van der Waals surface area contributed by atoms with Gasteiger partial charge in [0.25, 0.3) is 5.91 Å². The molecule has 41 heavy (non-hydrogen) atoms. The number of fused-ring (bicyclic) bond motifs is 1. The van der Waals surface area contributed by atoms with Gasteiger partial charge in [-0.15, -0.1) is 0 Å². The lowest BCUT2D eigenvalue weighted by molar-refractivity contribution is -0.141. The van der Waals surface area contributed by atoms with Crippen LogP contribution in [0.3, 0.4) is 0 Å². The molecule has 1 aliphatic carbocycles. The predicted molar refractivity (Wildman–Crippen MR) is 156 cm³/mol. The van der Waals surface area contributed by atoms with E-state index in [1.54, 1.807) is 4.90 Å². The fourth-order valence-corrected chi connectivity index (χ4v) is 6.13.